The van der Waals surface area contributed by atoms with Crippen LogP contribution in [0.15, 0.2) is 39.9 Å². The number of amides is 1. The Morgan fingerprint density at radius 1 is 1.17 bits per heavy atom. The van der Waals surface area contributed by atoms with Crippen LogP contribution in [0.2, 0.25) is 0 Å². The third kappa shape index (κ3) is 2.86. The molecule has 18 heavy (non-hydrogen) atoms. The molecule has 0 fully saturated rings. The Labute approximate surface area is 115 Å². The van der Waals surface area contributed by atoms with E-state index in [1.807, 2.05) is 33.6 Å². The summed E-state index contributed by atoms with van der Waals surface area (Å²) < 4.78 is 0.778. The van der Waals surface area contributed by atoms with Crippen molar-refractivity contribution in [2.75, 3.05) is 5.32 Å². The Bertz CT molecular complexity index is 677. The summed E-state index contributed by atoms with van der Waals surface area (Å²) in [4.78, 5) is 38.3. The molecule has 0 radical (unpaired) electrons. The van der Waals surface area contributed by atoms with Gasteiger partial charge in [0.1, 0.15) is 5.82 Å². The smallest absolute Gasteiger partial charge is 0.308 e. The van der Waals surface area contributed by atoms with Gasteiger partial charge in [0, 0.05) is 9.64 Å². The van der Waals surface area contributed by atoms with E-state index in [0.717, 1.165) is 9.64 Å². The molecular formula is C11H8IN3O3. The first kappa shape index (κ1) is 12.6. The van der Waals surface area contributed by atoms with E-state index in [9.17, 15) is 14.4 Å². The second kappa shape index (κ2) is 5.17. The van der Waals surface area contributed by atoms with Gasteiger partial charge in [0.25, 0.3) is 11.5 Å². The summed E-state index contributed by atoms with van der Waals surface area (Å²) in [5.74, 6) is -0.324. The van der Waals surface area contributed by atoms with E-state index in [1.54, 1.807) is 18.2 Å². The summed E-state index contributed by atoms with van der Waals surface area (Å²) >= 11 is 2.03. The normalized spacial score (nSPS) is 10.1. The number of hydrogen-bond acceptors (Lipinski definition) is 3. The lowest BCUT2D eigenvalue weighted by atomic mass is 10.2. The van der Waals surface area contributed by atoms with Gasteiger partial charge in [-0.15, -0.1) is 0 Å². The summed E-state index contributed by atoms with van der Waals surface area (Å²) in [6.07, 6.45) is 0. The molecule has 0 atom stereocenters. The minimum Gasteiger partial charge on any atom is -0.308 e. The van der Waals surface area contributed by atoms with E-state index in [-0.39, 0.29) is 11.7 Å². The van der Waals surface area contributed by atoms with Crippen molar-refractivity contribution in [2.24, 2.45) is 0 Å². The lowest BCUT2D eigenvalue weighted by Gasteiger charge is -2.05. The second-order valence-corrected chi connectivity index (χ2v) is 4.60. The van der Waals surface area contributed by atoms with Gasteiger partial charge in [0.05, 0.1) is 5.56 Å². The maximum absolute atomic E-state index is 11.9. The molecule has 1 aromatic heterocycles. The first-order chi connectivity index (χ1) is 8.56. The van der Waals surface area contributed by atoms with Crippen molar-refractivity contribution in [2.45, 2.75) is 0 Å². The summed E-state index contributed by atoms with van der Waals surface area (Å²) in [5, 5.41) is 2.46. The van der Waals surface area contributed by atoms with Gasteiger partial charge in [-0.05, 0) is 34.7 Å². The van der Waals surface area contributed by atoms with E-state index in [2.05, 4.69) is 10.3 Å². The van der Waals surface area contributed by atoms with Crippen LogP contribution in [0.4, 0.5) is 5.82 Å². The summed E-state index contributed by atoms with van der Waals surface area (Å²) in [7, 11) is 0. The molecule has 1 amide bonds. The fourth-order valence-electron chi connectivity index (χ4n) is 1.37. The maximum Gasteiger partial charge on any atom is 0.327 e. The van der Waals surface area contributed by atoms with Gasteiger partial charge in [-0.2, -0.15) is 0 Å². The van der Waals surface area contributed by atoms with Crippen LogP contribution in [0, 0.1) is 3.57 Å². The number of H-pyrrole nitrogens is 2. The third-order valence-electron chi connectivity index (χ3n) is 2.13. The molecule has 92 valence electrons. The highest BCUT2D eigenvalue weighted by atomic mass is 127. The van der Waals surface area contributed by atoms with Gasteiger partial charge in [0.2, 0.25) is 0 Å². The van der Waals surface area contributed by atoms with E-state index in [1.165, 1.54) is 0 Å². The molecule has 0 saturated heterocycles. The first-order valence-electron chi connectivity index (χ1n) is 4.96. The highest BCUT2D eigenvalue weighted by Gasteiger charge is 2.09. The zero-order valence-electron chi connectivity index (χ0n) is 8.99. The largest absolute Gasteiger partial charge is 0.327 e. The van der Waals surface area contributed by atoms with Gasteiger partial charge in [-0.25, -0.2) is 4.79 Å². The van der Waals surface area contributed by atoms with Crippen molar-refractivity contribution in [1.29, 1.82) is 0 Å². The van der Waals surface area contributed by atoms with Crippen LogP contribution in [0.25, 0.3) is 0 Å². The Hall–Kier alpha value is -1.90. The van der Waals surface area contributed by atoms with E-state index in [4.69, 9.17) is 0 Å². The zero-order chi connectivity index (χ0) is 13.1. The standard InChI is InChI=1S/C11H8IN3O3/c12-7-4-2-1-3-6(7)10(17)13-8-5-9(16)15-11(18)14-8/h1-5H,(H3,13,14,15,16,17,18). The van der Waals surface area contributed by atoms with Gasteiger partial charge < -0.3 is 5.32 Å². The minimum absolute atomic E-state index is 0.0633. The number of rotatable bonds is 2. The number of carbonyl (C=O) groups is 1. The summed E-state index contributed by atoms with van der Waals surface area (Å²) in [5.41, 5.74) is -0.767. The molecule has 3 N–H and O–H groups in total. The lowest BCUT2D eigenvalue weighted by Crippen LogP contribution is -2.25. The molecule has 2 aromatic rings. The minimum atomic E-state index is -0.666. The number of halogens is 1. The highest BCUT2D eigenvalue weighted by molar-refractivity contribution is 14.1. The number of nitrogens with one attached hydrogen (secondary N) is 3. The van der Waals surface area contributed by atoms with Crippen LogP contribution in [-0.4, -0.2) is 15.9 Å². The van der Waals surface area contributed by atoms with E-state index < -0.39 is 11.2 Å². The van der Waals surface area contributed by atoms with Crippen LogP contribution in [0.1, 0.15) is 10.4 Å². The maximum atomic E-state index is 11.9. The summed E-state index contributed by atoms with van der Waals surface area (Å²) in [6, 6.07) is 8.10. The topological polar surface area (TPSA) is 94.8 Å². The monoisotopic (exact) mass is 357 g/mol. The lowest BCUT2D eigenvalue weighted by molar-refractivity contribution is 0.102. The van der Waals surface area contributed by atoms with Crippen LogP contribution in [-0.2, 0) is 0 Å². The Kier molecular flexibility index (Phi) is 3.60. The predicted octanol–water partition coefficient (Wildman–Crippen LogP) is 0.920. The van der Waals surface area contributed by atoms with Crippen LogP contribution >= 0.6 is 22.6 Å². The third-order valence-corrected chi connectivity index (χ3v) is 3.07. The second-order valence-electron chi connectivity index (χ2n) is 3.44. The molecule has 0 aliphatic rings. The Morgan fingerprint density at radius 2 is 1.89 bits per heavy atom. The molecule has 1 heterocycles. The average molecular weight is 357 g/mol. The van der Waals surface area contributed by atoms with Crippen molar-refractivity contribution in [1.82, 2.24) is 9.97 Å². The molecule has 0 unspecified atom stereocenters. The van der Waals surface area contributed by atoms with Gasteiger partial charge in [0.15, 0.2) is 0 Å². The molecule has 0 saturated carbocycles. The van der Waals surface area contributed by atoms with Gasteiger partial charge >= 0.3 is 5.69 Å². The summed E-state index contributed by atoms with van der Waals surface area (Å²) in [6.45, 7) is 0. The van der Waals surface area contributed by atoms with Crippen LogP contribution in [0.3, 0.4) is 0 Å². The van der Waals surface area contributed by atoms with Crippen molar-refractivity contribution >= 4 is 34.3 Å². The number of hydrogen-bond donors (Lipinski definition) is 3. The molecule has 0 aliphatic heterocycles. The van der Waals surface area contributed by atoms with E-state index >= 15 is 0 Å². The number of carbonyl (C=O) groups excluding carboxylic acids is 1. The van der Waals surface area contributed by atoms with Gasteiger partial charge in [-0.1, -0.05) is 12.1 Å². The fraction of sp³-hybridized carbons (Fsp3) is 0. The molecule has 2 rings (SSSR count). The quantitative estimate of drug-likeness (QED) is 0.698. The Balaban J connectivity index is 2.30. The SMILES string of the molecule is O=C(Nc1cc(=O)[nH]c(=O)[nH]1)c1ccccc1I. The molecular weight excluding hydrogens is 349 g/mol. The predicted molar refractivity (Wildman–Crippen MR) is 74.8 cm³/mol. The van der Waals surface area contributed by atoms with Crippen molar-refractivity contribution in [3.8, 4) is 0 Å². The highest BCUT2D eigenvalue weighted by Crippen LogP contribution is 2.12. The zero-order valence-corrected chi connectivity index (χ0v) is 11.1. The fourth-order valence-corrected chi connectivity index (χ4v) is 2.00. The average Bonchev–Trinajstić information content (AvgIpc) is 2.27. The molecule has 0 spiro atoms. The van der Waals surface area contributed by atoms with Crippen LogP contribution in [0.5, 0.6) is 0 Å². The van der Waals surface area contributed by atoms with Crippen molar-refractivity contribution in [3.63, 3.8) is 0 Å². The van der Waals surface area contributed by atoms with Gasteiger partial charge in [-0.3, -0.25) is 19.6 Å². The molecule has 7 heteroatoms. The number of aromatic amines is 2. The Morgan fingerprint density at radius 3 is 2.56 bits per heavy atom. The van der Waals surface area contributed by atoms with Crippen molar-refractivity contribution in [3.05, 3.63) is 60.3 Å². The van der Waals surface area contributed by atoms with Crippen molar-refractivity contribution < 1.29 is 4.79 Å². The molecule has 0 aliphatic carbocycles. The first-order valence-corrected chi connectivity index (χ1v) is 6.03. The van der Waals surface area contributed by atoms with Crippen LogP contribution < -0.4 is 16.6 Å². The molecule has 0 bridgehead atoms. The van der Waals surface area contributed by atoms with E-state index in [0.29, 0.717) is 5.56 Å². The number of anilines is 1. The molecule has 6 nitrogen and oxygen atoms in total. The number of benzene rings is 1. The number of aromatic nitrogens is 2. The molecule has 1 aromatic carbocycles.